The second kappa shape index (κ2) is 7.34. The zero-order chi connectivity index (χ0) is 19.7. The predicted octanol–water partition coefficient (Wildman–Crippen LogP) is 3.12. The highest BCUT2D eigenvalue weighted by molar-refractivity contribution is 5.74. The van der Waals surface area contributed by atoms with Gasteiger partial charge in [-0.3, -0.25) is 14.2 Å². The number of hydrogen-bond donors (Lipinski definition) is 1. The van der Waals surface area contributed by atoms with Gasteiger partial charge >= 0.3 is 0 Å². The maximum atomic E-state index is 11.8. The van der Waals surface area contributed by atoms with E-state index in [4.69, 9.17) is 5.10 Å². The van der Waals surface area contributed by atoms with Crippen LogP contribution < -0.4 is 5.32 Å². The monoisotopic (exact) mass is 376 g/mol. The molecule has 1 amide bonds. The summed E-state index contributed by atoms with van der Waals surface area (Å²) in [4.78, 5) is 13.7. The van der Waals surface area contributed by atoms with Crippen LogP contribution in [0.4, 0.5) is 11.5 Å². The lowest BCUT2D eigenvalue weighted by molar-refractivity contribution is -0.129. The lowest BCUT2D eigenvalue weighted by Gasteiger charge is -2.26. The van der Waals surface area contributed by atoms with Crippen molar-refractivity contribution in [1.29, 1.82) is 0 Å². The third kappa shape index (κ3) is 3.43. The van der Waals surface area contributed by atoms with Gasteiger partial charge in [-0.15, -0.1) is 6.58 Å². The first-order chi connectivity index (χ1) is 13.5. The first-order valence-corrected chi connectivity index (χ1v) is 9.36. The highest BCUT2D eigenvalue weighted by atomic mass is 16.2. The van der Waals surface area contributed by atoms with Crippen LogP contribution in [0.15, 0.2) is 49.3 Å². The van der Waals surface area contributed by atoms with Crippen molar-refractivity contribution in [3.63, 3.8) is 0 Å². The summed E-state index contributed by atoms with van der Waals surface area (Å²) in [5.41, 5.74) is 5.41. The summed E-state index contributed by atoms with van der Waals surface area (Å²) in [5, 5.41) is 12.4. The fourth-order valence-corrected chi connectivity index (χ4v) is 3.59. The number of aryl methyl sites for hydroxylation is 1. The minimum atomic E-state index is 0.0916. The molecule has 3 heterocycles. The van der Waals surface area contributed by atoms with E-state index in [2.05, 4.69) is 29.1 Å². The van der Waals surface area contributed by atoms with E-state index in [-0.39, 0.29) is 5.91 Å². The molecule has 1 N–H and O–H groups in total. The van der Waals surface area contributed by atoms with Crippen molar-refractivity contribution >= 4 is 17.4 Å². The number of carbonyl (C=O) groups excluding carboxylic acids is 1. The third-order valence-electron chi connectivity index (χ3n) is 5.07. The quantitative estimate of drug-likeness (QED) is 0.695. The number of nitrogens with one attached hydrogen (secondary N) is 1. The predicted molar refractivity (Wildman–Crippen MR) is 109 cm³/mol. The topological polar surface area (TPSA) is 68.0 Å². The van der Waals surface area contributed by atoms with Gasteiger partial charge in [-0.2, -0.15) is 10.2 Å². The Balaban J connectivity index is 1.60. The zero-order valence-corrected chi connectivity index (χ0v) is 16.2. The minimum absolute atomic E-state index is 0.0916. The molecule has 7 nitrogen and oxygen atoms in total. The van der Waals surface area contributed by atoms with Crippen molar-refractivity contribution in [3.05, 3.63) is 60.6 Å². The van der Waals surface area contributed by atoms with Crippen LogP contribution >= 0.6 is 0 Å². The second-order valence-corrected chi connectivity index (χ2v) is 7.04. The largest absolute Gasteiger partial charge is 0.338 e. The van der Waals surface area contributed by atoms with Crippen LogP contribution in [0.25, 0.3) is 11.1 Å². The van der Waals surface area contributed by atoms with Crippen LogP contribution in [-0.2, 0) is 31.4 Å². The van der Waals surface area contributed by atoms with Crippen molar-refractivity contribution < 1.29 is 4.79 Å². The Morgan fingerprint density at radius 1 is 1.29 bits per heavy atom. The summed E-state index contributed by atoms with van der Waals surface area (Å²) in [6, 6.07) is 8.20. The second-order valence-electron chi connectivity index (χ2n) is 7.04. The van der Waals surface area contributed by atoms with Crippen molar-refractivity contribution in [2.24, 2.45) is 7.05 Å². The van der Waals surface area contributed by atoms with Crippen molar-refractivity contribution in [2.45, 2.75) is 26.4 Å². The molecule has 144 valence electrons. The zero-order valence-electron chi connectivity index (χ0n) is 16.2. The molecule has 2 aromatic heterocycles. The molecule has 0 spiro atoms. The van der Waals surface area contributed by atoms with Gasteiger partial charge in [-0.25, -0.2) is 0 Å². The Kier molecular flexibility index (Phi) is 4.73. The molecular formula is C21H24N6O. The first-order valence-electron chi connectivity index (χ1n) is 9.36. The van der Waals surface area contributed by atoms with Crippen LogP contribution in [0.3, 0.4) is 0 Å². The summed E-state index contributed by atoms with van der Waals surface area (Å²) >= 11 is 0. The molecule has 3 aromatic rings. The molecule has 0 bridgehead atoms. The van der Waals surface area contributed by atoms with Crippen LogP contribution in [0, 0.1) is 0 Å². The standard InChI is InChI=1S/C21H24N6O/c1-4-10-27-20-9-11-26(15(2)28)14-19(20)21(24-27)23-18-7-5-16(6-8-18)17-12-22-25(3)13-17/h4-8,12-13H,1,9-11,14H2,2-3H3,(H,23,24). The number of hydrogen-bond acceptors (Lipinski definition) is 4. The van der Waals surface area contributed by atoms with Gasteiger partial charge in [0, 0.05) is 55.6 Å². The van der Waals surface area contributed by atoms with Gasteiger partial charge in [-0.1, -0.05) is 18.2 Å². The van der Waals surface area contributed by atoms with Crippen molar-refractivity contribution in [2.75, 3.05) is 11.9 Å². The first kappa shape index (κ1) is 18.0. The Bertz CT molecular complexity index is 1010. The Hall–Kier alpha value is -3.35. The molecular weight excluding hydrogens is 352 g/mol. The lowest BCUT2D eigenvalue weighted by Crippen LogP contribution is -2.34. The van der Waals surface area contributed by atoms with Gasteiger partial charge in [0.1, 0.15) is 0 Å². The normalized spacial score (nSPS) is 13.3. The van der Waals surface area contributed by atoms with E-state index in [0.717, 1.165) is 41.2 Å². The van der Waals surface area contributed by atoms with Gasteiger partial charge < -0.3 is 10.2 Å². The summed E-state index contributed by atoms with van der Waals surface area (Å²) in [6.45, 7) is 7.41. The van der Waals surface area contributed by atoms with Gasteiger partial charge in [0.25, 0.3) is 0 Å². The van der Waals surface area contributed by atoms with Crippen LogP contribution in [0.2, 0.25) is 0 Å². The lowest BCUT2D eigenvalue weighted by atomic mass is 10.1. The van der Waals surface area contributed by atoms with E-state index in [9.17, 15) is 4.79 Å². The third-order valence-corrected chi connectivity index (χ3v) is 5.07. The van der Waals surface area contributed by atoms with Gasteiger partial charge in [0.05, 0.1) is 19.3 Å². The summed E-state index contributed by atoms with van der Waals surface area (Å²) < 4.78 is 3.77. The average molecular weight is 376 g/mol. The molecule has 0 saturated heterocycles. The number of carbonyl (C=O) groups is 1. The molecule has 1 aliphatic rings. The van der Waals surface area contributed by atoms with E-state index in [1.807, 2.05) is 47.2 Å². The smallest absolute Gasteiger partial charge is 0.219 e. The van der Waals surface area contributed by atoms with E-state index in [1.165, 1.54) is 5.69 Å². The van der Waals surface area contributed by atoms with E-state index in [0.29, 0.717) is 13.1 Å². The molecule has 0 fully saturated rings. The highest BCUT2D eigenvalue weighted by Crippen LogP contribution is 2.29. The molecule has 0 saturated carbocycles. The average Bonchev–Trinajstić information content (AvgIpc) is 3.27. The SMILES string of the molecule is C=CCn1nc(Nc2ccc(-c3cnn(C)c3)cc2)c2c1CCN(C(C)=O)C2. The molecule has 0 aliphatic carbocycles. The maximum Gasteiger partial charge on any atom is 0.219 e. The number of benzene rings is 1. The summed E-state index contributed by atoms with van der Waals surface area (Å²) in [6.07, 6.45) is 6.49. The Morgan fingerprint density at radius 3 is 2.71 bits per heavy atom. The Labute approximate surface area is 164 Å². The fraction of sp³-hybridized carbons (Fsp3) is 0.286. The maximum absolute atomic E-state index is 11.8. The van der Waals surface area contributed by atoms with E-state index >= 15 is 0 Å². The number of amides is 1. The molecule has 4 rings (SSSR count). The number of allylic oxidation sites excluding steroid dienone is 1. The molecule has 0 radical (unpaired) electrons. The molecule has 0 atom stereocenters. The van der Waals surface area contributed by atoms with Gasteiger partial charge in [0.2, 0.25) is 5.91 Å². The molecule has 28 heavy (non-hydrogen) atoms. The van der Waals surface area contributed by atoms with Gasteiger partial charge in [0.15, 0.2) is 5.82 Å². The summed E-state index contributed by atoms with van der Waals surface area (Å²) in [7, 11) is 1.91. The number of nitrogens with zero attached hydrogens (tertiary/aromatic N) is 5. The number of rotatable bonds is 5. The number of aromatic nitrogens is 4. The number of fused-ring (bicyclic) bond motifs is 1. The van der Waals surface area contributed by atoms with Crippen LogP contribution in [0.1, 0.15) is 18.2 Å². The molecule has 1 aromatic carbocycles. The van der Waals surface area contributed by atoms with Crippen molar-refractivity contribution in [1.82, 2.24) is 24.5 Å². The van der Waals surface area contributed by atoms with E-state index < -0.39 is 0 Å². The van der Waals surface area contributed by atoms with E-state index in [1.54, 1.807) is 11.6 Å². The summed E-state index contributed by atoms with van der Waals surface area (Å²) in [5.74, 6) is 0.894. The Morgan fingerprint density at radius 2 is 2.07 bits per heavy atom. The highest BCUT2D eigenvalue weighted by Gasteiger charge is 2.26. The fourth-order valence-electron chi connectivity index (χ4n) is 3.59. The van der Waals surface area contributed by atoms with Crippen LogP contribution in [-0.4, -0.2) is 36.9 Å². The molecule has 7 heteroatoms. The van der Waals surface area contributed by atoms with Crippen molar-refractivity contribution in [3.8, 4) is 11.1 Å². The molecule has 0 unspecified atom stereocenters. The van der Waals surface area contributed by atoms with Crippen LogP contribution in [0.5, 0.6) is 0 Å². The minimum Gasteiger partial charge on any atom is -0.338 e. The molecule has 1 aliphatic heterocycles. The number of anilines is 2. The van der Waals surface area contributed by atoms with Gasteiger partial charge in [-0.05, 0) is 17.7 Å².